The summed E-state index contributed by atoms with van der Waals surface area (Å²) in [6.07, 6.45) is 4.75. The Labute approximate surface area is 148 Å². The Morgan fingerprint density at radius 2 is 1.96 bits per heavy atom. The van der Waals surface area contributed by atoms with E-state index in [2.05, 4.69) is 11.9 Å². The standard InChI is InChI=1S/C18H25BN2O4/c1-6-7-11-23-16(22)21-12-14(13-9-8-10-20-15(13)21)19-24-17(2,3)18(4,5)25-19/h8-10,12H,6-7,11H2,1-5H3. The summed E-state index contributed by atoms with van der Waals surface area (Å²) in [5.41, 5.74) is 0.439. The van der Waals surface area contributed by atoms with E-state index < -0.39 is 24.4 Å². The van der Waals surface area contributed by atoms with Crippen molar-refractivity contribution < 1.29 is 18.8 Å². The number of aromatic nitrogens is 2. The van der Waals surface area contributed by atoms with Gasteiger partial charge in [0.05, 0.1) is 17.8 Å². The second-order valence-electron chi connectivity index (χ2n) is 7.39. The lowest BCUT2D eigenvalue weighted by molar-refractivity contribution is 0.00578. The molecule has 0 unspecified atom stereocenters. The van der Waals surface area contributed by atoms with Crippen LogP contribution in [-0.2, 0) is 14.0 Å². The molecule has 1 aliphatic heterocycles. The molecule has 0 bridgehead atoms. The highest BCUT2D eigenvalue weighted by atomic mass is 16.7. The minimum Gasteiger partial charge on any atom is -0.449 e. The molecule has 0 atom stereocenters. The van der Waals surface area contributed by atoms with Crippen LogP contribution in [0.5, 0.6) is 0 Å². The minimum atomic E-state index is -0.554. The van der Waals surface area contributed by atoms with Crippen molar-refractivity contribution in [2.24, 2.45) is 0 Å². The third-order valence-corrected chi connectivity index (χ3v) is 5.02. The van der Waals surface area contributed by atoms with Crippen molar-refractivity contribution in [2.75, 3.05) is 6.61 Å². The van der Waals surface area contributed by atoms with Gasteiger partial charge >= 0.3 is 13.2 Å². The van der Waals surface area contributed by atoms with Gasteiger partial charge in [0.25, 0.3) is 0 Å². The molecule has 1 fully saturated rings. The van der Waals surface area contributed by atoms with Crippen molar-refractivity contribution in [3.05, 3.63) is 24.5 Å². The average molecular weight is 344 g/mol. The third kappa shape index (κ3) is 3.18. The molecule has 0 spiro atoms. The van der Waals surface area contributed by atoms with Crippen LogP contribution in [0, 0.1) is 0 Å². The number of hydrogen-bond acceptors (Lipinski definition) is 5. The first-order valence-corrected chi connectivity index (χ1v) is 8.75. The summed E-state index contributed by atoms with van der Waals surface area (Å²) >= 11 is 0. The van der Waals surface area contributed by atoms with Gasteiger partial charge in [-0.1, -0.05) is 19.4 Å². The Bertz CT molecular complexity index is 768. The number of rotatable bonds is 4. The molecule has 0 aliphatic carbocycles. The van der Waals surface area contributed by atoms with Crippen LogP contribution in [-0.4, -0.2) is 40.6 Å². The number of carbonyl (C=O) groups is 1. The number of hydrogen-bond donors (Lipinski definition) is 0. The zero-order chi connectivity index (χ0) is 18.2. The van der Waals surface area contributed by atoms with Crippen LogP contribution in [0.25, 0.3) is 11.0 Å². The Hall–Kier alpha value is -1.86. The molecule has 1 aliphatic rings. The fourth-order valence-corrected chi connectivity index (χ4v) is 2.75. The van der Waals surface area contributed by atoms with Crippen LogP contribution in [0.1, 0.15) is 47.5 Å². The third-order valence-electron chi connectivity index (χ3n) is 5.02. The molecule has 7 heteroatoms. The van der Waals surface area contributed by atoms with Gasteiger partial charge in [0.1, 0.15) is 5.65 Å². The summed E-state index contributed by atoms with van der Waals surface area (Å²) in [6, 6.07) is 3.75. The molecule has 1 saturated heterocycles. The number of fused-ring (bicyclic) bond motifs is 1. The maximum atomic E-state index is 12.4. The summed E-state index contributed by atoms with van der Waals surface area (Å²) in [5.74, 6) is 0. The number of carbonyl (C=O) groups excluding carboxylic acids is 1. The van der Waals surface area contributed by atoms with Gasteiger partial charge in [-0.3, -0.25) is 0 Å². The molecule has 3 heterocycles. The van der Waals surface area contributed by atoms with Crippen molar-refractivity contribution in [1.29, 1.82) is 0 Å². The normalized spacial score (nSPS) is 18.7. The van der Waals surface area contributed by atoms with E-state index in [4.69, 9.17) is 14.0 Å². The lowest BCUT2D eigenvalue weighted by Crippen LogP contribution is -2.41. The van der Waals surface area contributed by atoms with E-state index in [9.17, 15) is 4.79 Å². The van der Waals surface area contributed by atoms with Crippen LogP contribution in [0.4, 0.5) is 4.79 Å². The van der Waals surface area contributed by atoms with E-state index in [1.54, 1.807) is 12.4 Å². The molecular formula is C18H25BN2O4. The maximum Gasteiger partial charge on any atom is 0.497 e. The van der Waals surface area contributed by atoms with Gasteiger partial charge in [-0.15, -0.1) is 0 Å². The van der Waals surface area contributed by atoms with Crippen LogP contribution in [0.2, 0.25) is 0 Å². The second kappa shape index (κ2) is 6.46. The summed E-state index contributed by atoms with van der Waals surface area (Å²) in [7, 11) is -0.554. The lowest BCUT2D eigenvalue weighted by atomic mass is 9.79. The second-order valence-corrected chi connectivity index (χ2v) is 7.39. The van der Waals surface area contributed by atoms with Crippen molar-refractivity contribution in [3.63, 3.8) is 0 Å². The van der Waals surface area contributed by atoms with E-state index in [0.717, 1.165) is 23.7 Å². The lowest BCUT2D eigenvalue weighted by Gasteiger charge is -2.32. The molecule has 0 aromatic carbocycles. The van der Waals surface area contributed by atoms with E-state index in [-0.39, 0.29) is 0 Å². The molecule has 3 rings (SSSR count). The summed E-state index contributed by atoms with van der Waals surface area (Å²) < 4.78 is 19.0. The Morgan fingerprint density at radius 3 is 2.60 bits per heavy atom. The van der Waals surface area contributed by atoms with Crippen molar-refractivity contribution >= 4 is 29.7 Å². The molecule has 134 valence electrons. The monoisotopic (exact) mass is 344 g/mol. The summed E-state index contributed by atoms with van der Waals surface area (Å²) in [6.45, 7) is 10.5. The number of pyridine rings is 1. The van der Waals surface area contributed by atoms with Gasteiger partial charge < -0.3 is 14.0 Å². The highest BCUT2D eigenvalue weighted by Gasteiger charge is 2.52. The van der Waals surface area contributed by atoms with Crippen molar-refractivity contribution in [1.82, 2.24) is 9.55 Å². The minimum absolute atomic E-state index is 0.396. The Balaban J connectivity index is 1.96. The fraction of sp³-hybridized carbons (Fsp3) is 0.556. The molecule has 0 N–H and O–H groups in total. The molecular weight excluding hydrogens is 319 g/mol. The number of unbranched alkanes of at least 4 members (excludes halogenated alkanes) is 1. The molecule has 0 saturated carbocycles. The van der Waals surface area contributed by atoms with Crippen LogP contribution in [0.3, 0.4) is 0 Å². The molecule has 0 radical (unpaired) electrons. The predicted molar refractivity (Wildman–Crippen MR) is 97.1 cm³/mol. The summed E-state index contributed by atoms with van der Waals surface area (Å²) in [4.78, 5) is 16.8. The Morgan fingerprint density at radius 1 is 1.28 bits per heavy atom. The largest absolute Gasteiger partial charge is 0.497 e. The zero-order valence-corrected chi connectivity index (χ0v) is 15.5. The number of ether oxygens (including phenoxy) is 1. The quantitative estimate of drug-likeness (QED) is 0.630. The van der Waals surface area contributed by atoms with Gasteiger partial charge in [-0.2, -0.15) is 0 Å². The van der Waals surface area contributed by atoms with Crippen molar-refractivity contribution in [2.45, 2.75) is 58.7 Å². The van der Waals surface area contributed by atoms with Crippen molar-refractivity contribution in [3.8, 4) is 0 Å². The molecule has 2 aromatic rings. The fourth-order valence-electron chi connectivity index (χ4n) is 2.75. The van der Waals surface area contributed by atoms with E-state index in [0.29, 0.717) is 12.3 Å². The van der Waals surface area contributed by atoms with Crippen LogP contribution < -0.4 is 5.46 Å². The first-order chi connectivity index (χ1) is 11.8. The maximum absolute atomic E-state index is 12.4. The summed E-state index contributed by atoms with van der Waals surface area (Å²) in [5, 5.41) is 0.827. The number of nitrogens with zero attached hydrogens (tertiary/aromatic N) is 2. The van der Waals surface area contributed by atoms with E-state index in [1.807, 2.05) is 39.8 Å². The van der Waals surface area contributed by atoms with E-state index >= 15 is 0 Å². The topological polar surface area (TPSA) is 62.6 Å². The predicted octanol–water partition coefficient (Wildman–Crippen LogP) is 3.12. The van der Waals surface area contributed by atoms with Gasteiger partial charge in [-0.05, 0) is 40.2 Å². The average Bonchev–Trinajstić information content (AvgIpc) is 3.02. The first-order valence-electron chi connectivity index (χ1n) is 8.75. The van der Waals surface area contributed by atoms with Gasteiger partial charge in [0.2, 0.25) is 0 Å². The zero-order valence-electron chi connectivity index (χ0n) is 15.5. The highest BCUT2D eigenvalue weighted by molar-refractivity contribution is 6.65. The molecule has 2 aromatic heterocycles. The van der Waals surface area contributed by atoms with Crippen LogP contribution in [0.15, 0.2) is 24.5 Å². The van der Waals surface area contributed by atoms with Gasteiger partial charge in [0, 0.05) is 23.2 Å². The highest BCUT2D eigenvalue weighted by Crippen LogP contribution is 2.37. The Kier molecular flexibility index (Phi) is 4.64. The van der Waals surface area contributed by atoms with Crippen LogP contribution >= 0.6 is 0 Å². The first kappa shape index (κ1) is 18.0. The molecule has 25 heavy (non-hydrogen) atoms. The SMILES string of the molecule is CCCCOC(=O)n1cc(B2OC(C)(C)C(C)(C)O2)c2cccnc21. The van der Waals surface area contributed by atoms with E-state index in [1.165, 1.54) is 4.57 Å². The van der Waals surface area contributed by atoms with Gasteiger partial charge in [-0.25, -0.2) is 14.3 Å². The molecule has 6 nitrogen and oxygen atoms in total. The smallest absolute Gasteiger partial charge is 0.449 e. The van der Waals surface area contributed by atoms with Gasteiger partial charge in [0.15, 0.2) is 0 Å². The molecule has 0 amide bonds.